The van der Waals surface area contributed by atoms with Crippen molar-refractivity contribution in [1.82, 2.24) is 10.3 Å². The lowest BCUT2D eigenvalue weighted by atomic mass is 9.92. The number of nitrogens with zero attached hydrogens (tertiary/aromatic N) is 2. The number of rotatable bonds is 2. The summed E-state index contributed by atoms with van der Waals surface area (Å²) in [7, 11) is 0. The summed E-state index contributed by atoms with van der Waals surface area (Å²) in [6, 6.07) is 1.54. The first kappa shape index (κ1) is 10.8. The fraction of sp³-hybridized carbons (Fsp3) is 0.500. The monoisotopic (exact) mass is 222 g/mol. The van der Waals surface area contributed by atoms with E-state index in [1.807, 2.05) is 0 Å². The summed E-state index contributed by atoms with van der Waals surface area (Å²) in [5.41, 5.74) is 6.56. The Bertz CT molecular complexity index is 402. The van der Waals surface area contributed by atoms with Crippen LogP contribution in [0.1, 0.15) is 24.3 Å². The molecule has 0 aliphatic carbocycles. The molecule has 1 aliphatic heterocycles. The van der Waals surface area contributed by atoms with Gasteiger partial charge in [-0.1, -0.05) is 0 Å². The molecule has 1 aromatic heterocycles. The summed E-state index contributed by atoms with van der Waals surface area (Å²) in [5, 5.41) is 13.9. The van der Waals surface area contributed by atoms with Gasteiger partial charge in [0.1, 0.15) is 12.0 Å². The molecule has 0 radical (unpaired) electrons. The van der Waals surface area contributed by atoms with E-state index in [-0.39, 0.29) is 11.6 Å². The molecule has 1 atom stereocenters. The SMILES string of the molecule is Nc1ncc([N+](=O)[O-])cc1C1CCCNC1. The van der Waals surface area contributed by atoms with Crippen molar-refractivity contribution in [3.8, 4) is 0 Å². The molecule has 1 aliphatic rings. The van der Waals surface area contributed by atoms with E-state index in [1.165, 1.54) is 6.20 Å². The smallest absolute Gasteiger partial charge is 0.288 e. The Kier molecular flexibility index (Phi) is 3.00. The number of anilines is 1. The van der Waals surface area contributed by atoms with Crippen LogP contribution in [0.5, 0.6) is 0 Å². The van der Waals surface area contributed by atoms with E-state index in [4.69, 9.17) is 5.73 Å². The molecule has 0 spiro atoms. The van der Waals surface area contributed by atoms with Crippen LogP contribution < -0.4 is 11.1 Å². The van der Waals surface area contributed by atoms with Crippen molar-refractivity contribution < 1.29 is 4.92 Å². The molecule has 2 heterocycles. The highest BCUT2D eigenvalue weighted by molar-refractivity contribution is 5.47. The third-order valence-corrected chi connectivity index (χ3v) is 2.88. The number of aromatic nitrogens is 1. The molecule has 16 heavy (non-hydrogen) atoms. The van der Waals surface area contributed by atoms with Gasteiger partial charge in [-0.25, -0.2) is 4.98 Å². The van der Waals surface area contributed by atoms with Crippen LogP contribution in [0.2, 0.25) is 0 Å². The number of nitro groups is 1. The molecule has 1 unspecified atom stereocenters. The van der Waals surface area contributed by atoms with Gasteiger partial charge in [0.25, 0.3) is 5.69 Å². The number of piperidine rings is 1. The fourth-order valence-corrected chi connectivity index (χ4v) is 2.02. The molecule has 2 rings (SSSR count). The predicted octanol–water partition coefficient (Wildman–Crippen LogP) is 1.04. The third kappa shape index (κ3) is 2.11. The first-order chi connectivity index (χ1) is 7.68. The second-order valence-corrected chi connectivity index (χ2v) is 3.97. The Balaban J connectivity index is 2.30. The van der Waals surface area contributed by atoms with Crippen LogP contribution in [0, 0.1) is 10.1 Å². The van der Waals surface area contributed by atoms with Crippen LogP contribution in [0.25, 0.3) is 0 Å². The van der Waals surface area contributed by atoms with Crippen molar-refractivity contribution in [3.05, 3.63) is 27.9 Å². The minimum absolute atomic E-state index is 0.00905. The van der Waals surface area contributed by atoms with Gasteiger partial charge in [0.15, 0.2) is 0 Å². The van der Waals surface area contributed by atoms with Crippen molar-refractivity contribution in [2.45, 2.75) is 18.8 Å². The zero-order valence-electron chi connectivity index (χ0n) is 8.85. The fourth-order valence-electron chi connectivity index (χ4n) is 2.02. The zero-order valence-corrected chi connectivity index (χ0v) is 8.85. The van der Waals surface area contributed by atoms with Gasteiger partial charge < -0.3 is 11.1 Å². The maximum Gasteiger partial charge on any atom is 0.288 e. The normalized spacial score (nSPS) is 20.6. The van der Waals surface area contributed by atoms with Gasteiger partial charge in [-0.2, -0.15) is 0 Å². The second kappa shape index (κ2) is 4.44. The Morgan fingerprint density at radius 1 is 1.62 bits per heavy atom. The van der Waals surface area contributed by atoms with Crippen LogP contribution >= 0.6 is 0 Å². The first-order valence-corrected chi connectivity index (χ1v) is 5.29. The van der Waals surface area contributed by atoms with Gasteiger partial charge in [-0.05, 0) is 19.4 Å². The van der Waals surface area contributed by atoms with E-state index in [0.29, 0.717) is 5.82 Å². The quantitative estimate of drug-likeness (QED) is 0.576. The Labute approximate surface area is 93.0 Å². The van der Waals surface area contributed by atoms with Crippen LogP contribution in [0.3, 0.4) is 0 Å². The van der Waals surface area contributed by atoms with Crippen molar-refractivity contribution in [3.63, 3.8) is 0 Å². The summed E-state index contributed by atoms with van der Waals surface area (Å²) in [6.07, 6.45) is 3.27. The molecule has 1 saturated heterocycles. The highest BCUT2D eigenvalue weighted by Gasteiger charge is 2.20. The molecule has 1 fully saturated rings. The van der Waals surface area contributed by atoms with E-state index in [1.54, 1.807) is 6.07 Å². The number of pyridine rings is 1. The molecule has 86 valence electrons. The summed E-state index contributed by atoms with van der Waals surface area (Å²) in [6.45, 7) is 1.81. The summed E-state index contributed by atoms with van der Waals surface area (Å²) in [5.74, 6) is 0.639. The van der Waals surface area contributed by atoms with Crippen molar-refractivity contribution in [2.75, 3.05) is 18.8 Å². The van der Waals surface area contributed by atoms with Crippen molar-refractivity contribution >= 4 is 11.5 Å². The van der Waals surface area contributed by atoms with Gasteiger partial charge in [0.2, 0.25) is 0 Å². The lowest BCUT2D eigenvalue weighted by molar-refractivity contribution is -0.385. The maximum absolute atomic E-state index is 10.7. The van der Waals surface area contributed by atoms with Crippen LogP contribution in [0.4, 0.5) is 11.5 Å². The van der Waals surface area contributed by atoms with Crippen LogP contribution in [-0.2, 0) is 0 Å². The van der Waals surface area contributed by atoms with E-state index in [0.717, 1.165) is 31.5 Å². The van der Waals surface area contributed by atoms with Gasteiger partial charge in [-0.3, -0.25) is 10.1 Å². The number of hydrogen-bond acceptors (Lipinski definition) is 5. The van der Waals surface area contributed by atoms with Gasteiger partial charge in [0.05, 0.1) is 4.92 Å². The number of nitrogens with two attached hydrogens (primary N) is 1. The maximum atomic E-state index is 10.7. The number of nitrogen functional groups attached to an aromatic ring is 1. The number of nitrogens with one attached hydrogen (secondary N) is 1. The van der Waals surface area contributed by atoms with Gasteiger partial charge in [0, 0.05) is 24.1 Å². The molecule has 0 amide bonds. The molecule has 0 aromatic carbocycles. The topological polar surface area (TPSA) is 94.1 Å². The Hall–Kier alpha value is -1.69. The van der Waals surface area contributed by atoms with Crippen LogP contribution in [0.15, 0.2) is 12.3 Å². The highest BCUT2D eigenvalue weighted by Crippen LogP contribution is 2.29. The first-order valence-electron chi connectivity index (χ1n) is 5.29. The van der Waals surface area contributed by atoms with Gasteiger partial charge in [-0.15, -0.1) is 0 Å². The highest BCUT2D eigenvalue weighted by atomic mass is 16.6. The third-order valence-electron chi connectivity index (χ3n) is 2.88. The van der Waals surface area contributed by atoms with Crippen molar-refractivity contribution in [2.24, 2.45) is 0 Å². The van der Waals surface area contributed by atoms with E-state index in [2.05, 4.69) is 10.3 Å². The summed E-state index contributed by atoms with van der Waals surface area (Å²) >= 11 is 0. The second-order valence-electron chi connectivity index (χ2n) is 3.97. The average Bonchev–Trinajstić information content (AvgIpc) is 2.30. The minimum Gasteiger partial charge on any atom is -0.383 e. The molecule has 0 bridgehead atoms. The molecule has 0 saturated carbocycles. The molecule has 6 heteroatoms. The molecule has 1 aromatic rings. The number of hydrogen-bond donors (Lipinski definition) is 2. The summed E-state index contributed by atoms with van der Waals surface area (Å²) < 4.78 is 0. The molecular formula is C10H14N4O2. The zero-order chi connectivity index (χ0) is 11.5. The lowest BCUT2D eigenvalue weighted by Gasteiger charge is -2.23. The van der Waals surface area contributed by atoms with Gasteiger partial charge >= 0.3 is 0 Å². The Morgan fingerprint density at radius 2 is 2.44 bits per heavy atom. The van der Waals surface area contributed by atoms with E-state index in [9.17, 15) is 10.1 Å². The average molecular weight is 222 g/mol. The van der Waals surface area contributed by atoms with E-state index >= 15 is 0 Å². The Morgan fingerprint density at radius 3 is 3.06 bits per heavy atom. The van der Waals surface area contributed by atoms with E-state index < -0.39 is 4.92 Å². The lowest BCUT2D eigenvalue weighted by Crippen LogP contribution is -2.29. The minimum atomic E-state index is -0.438. The molecule has 6 nitrogen and oxygen atoms in total. The summed E-state index contributed by atoms with van der Waals surface area (Å²) in [4.78, 5) is 14.1. The van der Waals surface area contributed by atoms with Crippen LogP contribution in [-0.4, -0.2) is 23.0 Å². The molecular weight excluding hydrogens is 208 g/mol. The standard InChI is InChI=1S/C10H14N4O2/c11-10-9(7-2-1-3-12-5-7)4-8(6-13-10)14(15)16/h4,6-7,12H,1-3,5H2,(H2,11,13). The van der Waals surface area contributed by atoms with Crippen molar-refractivity contribution in [1.29, 1.82) is 0 Å². The molecule has 3 N–H and O–H groups in total. The predicted molar refractivity (Wildman–Crippen MR) is 60.1 cm³/mol. The largest absolute Gasteiger partial charge is 0.383 e.